The third kappa shape index (κ3) is 4.12. The highest BCUT2D eigenvalue weighted by Gasteiger charge is 2.15. The molecule has 0 radical (unpaired) electrons. The van der Waals surface area contributed by atoms with E-state index in [9.17, 15) is 0 Å². The average molecular weight is 320 g/mol. The predicted octanol–water partition coefficient (Wildman–Crippen LogP) is 3.49. The first kappa shape index (κ1) is 17.1. The van der Waals surface area contributed by atoms with Crippen molar-refractivity contribution in [3.8, 4) is 0 Å². The normalized spacial score (nSPS) is 11.1. The molecule has 0 bridgehead atoms. The highest BCUT2D eigenvalue weighted by atomic mass is 32.2. The molecular weight excluding hydrogens is 296 g/mol. The second-order valence-corrected chi connectivity index (χ2v) is 6.44. The summed E-state index contributed by atoms with van der Waals surface area (Å²) in [5, 5.41) is 10.0. The van der Waals surface area contributed by atoms with Gasteiger partial charge in [-0.25, -0.2) is 4.98 Å². The summed E-state index contributed by atoms with van der Waals surface area (Å²) in [6, 6.07) is 6.56. The third-order valence-corrected chi connectivity index (χ3v) is 4.50. The molecule has 2 rings (SSSR count). The Kier molecular flexibility index (Phi) is 6.06. The van der Waals surface area contributed by atoms with E-state index in [-0.39, 0.29) is 6.61 Å². The lowest BCUT2D eigenvalue weighted by molar-refractivity contribution is 0.0432. The van der Waals surface area contributed by atoms with Crippen LogP contribution >= 0.6 is 11.8 Å². The van der Waals surface area contributed by atoms with Crippen molar-refractivity contribution in [1.29, 1.82) is 0 Å². The minimum absolute atomic E-state index is 0.0356. The summed E-state index contributed by atoms with van der Waals surface area (Å²) < 4.78 is 7.57. The Morgan fingerprint density at radius 3 is 2.45 bits per heavy atom. The lowest BCUT2D eigenvalue weighted by Crippen LogP contribution is -2.08. The summed E-state index contributed by atoms with van der Waals surface area (Å²) in [7, 11) is 0. The van der Waals surface area contributed by atoms with Gasteiger partial charge in [0.05, 0.1) is 18.9 Å². The Labute approximate surface area is 136 Å². The molecule has 0 aliphatic heterocycles. The van der Waals surface area contributed by atoms with E-state index < -0.39 is 0 Å². The van der Waals surface area contributed by atoms with Gasteiger partial charge in [-0.15, -0.1) is 0 Å². The van der Waals surface area contributed by atoms with Crippen LogP contribution in [0.2, 0.25) is 0 Å². The molecule has 2 aromatic rings. The number of imidazole rings is 1. The van der Waals surface area contributed by atoms with Crippen molar-refractivity contribution < 1.29 is 9.84 Å². The number of aliphatic hydroxyl groups is 1. The molecule has 5 heteroatoms. The largest absolute Gasteiger partial charge is 0.394 e. The van der Waals surface area contributed by atoms with Crippen molar-refractivity contribution in [1.82, 2.24) is 9.55 Å². The Morgan fingerprint density at radius 1 is 1.18 bits per heavy atom. The van der Waals surface area contributed by atoms with E-state index >= 15 is 0 Å². The van der Waals surface area contributed by atoms with E-state index in [1.807, 2.05) is 6.92 Å². The van der Waals surface area contributed by atoms with Gasteiger partial charge in [-0.3, -0.25) is 4.57 Å². The first-order chi connectivity index (χ1) is 10.5. The van der Waals surface area contributed by atoms with Gasteiger partial charge in [-0.05, 0) is 50.5 Å². The number of hydrogen-bond acceptors (Lipinski definition) is 4. The van der Waals surface area contributed by atoms with Crippen LogP contribution in [0.3, 0.4) is 0 Å². The van der Waals surface area contributed by atoms with E-state index in [1.165, 1.54) is 16.0 Å². The molecule has 1 heterocycles. The molecule has 1 N–H and O–H groups in total. The average Bonchev–Trinajstić information content (AvgIpc) is 2.74. The number of hydrogen-bond donors (Lipinski definition) is 1. The van der Waals surface area contributed by atoms with Crippen molar-refractivity contribution in [2.75, 3.05) is 13.2 Å². The number of aliphatic hydroxyl groups excluding tert-OH is 1. The molecule has 22 heavy (non-hydrogen) atoms. The Morgan fingerprint density at radius 2 is 1.86 bits per heavy atom. The highest BCUT2D eigenvalue weighted by molar-refractivity contribution is 7.99. The molecule has 0 spiro atoms. The molecule has 4 nitrogen and oxygen atoms in total. The van der Waals surface area contributed by atoms with E-state index in [1.54, 1.807) is 11.8 Å². The van der Waals surface area contributed by atoms with Crippen LogP contribution in [-0.2, 0) is 17.9 Å². The minimum atomic E-state index is 0.0356. The maximum atomic E-state index is 8.88. The first-order valence-corrected chi connectivity index (χ1v) is 8.37. The first-order valence-electron chi connectivity index (χ1n) is 7.56. The summed E-state index contributed by atoms with van der Waals surface area (Å²) in [6.45, 7) is 9.14. The van der Waals surface area contributed by atoms with Crippen LogP contribution in [0.25, 0.3) is 0 Å². The number of nitrogens with zero attached hydrogens (tertiary/aromatic N) is 2. The van der Waals surface area contributed by atoms with Gasteiger partial charge in [-0.2, -0.15) is 0 Å². The quantitative estimate of drug-likeness (QED) is 0.793. The molecule has 0 unspecified atom stereocenters. The van der Waals surface area contributed by atoms with Crippen LogP contribution in [0.1, 0.15) is 29.6 Å². The van der Waals surface area contributed by atoms with Crippen LogP contribution in [-0.4, -0.2) is 27.9 Å². The van der Waals surface area contributed by atoms with E-state index in [2.05, 4.69) is 48.5 Å². The molecule has 0 saturated heterocycles. The predicted molar refractivity (Wildman–Crippen MR) is 89.4 cm³/mol. The summed E-state index contributed by atoms with van der Waals surface area (Å²) in [5.41, 5.74) is 3.62. The SMILES string of the molecule is CCc1nc(C)n(COCCO)c1Sc1cc(C)cc(C)c1. The second kappa shape index (κ2) is 7.81. The monoisotopic (exact) mass is 320 g/mol. The van der Waals surface area contributed by atoms with E-state index in [4.69, 9.17) is 9.84 Å². The van der Waals surface area contributed by atoms with Gasteiger partial charge in [0.1, 0.15) is 17.6 Å². The molecule has 120 valence electrons. The van der Waals surface area contributed by atoms with Gasteiger partial charge < -0.3 is 9.84 Å². The maximum Gasteiger partial charge on any atom is 0.125 e. The van der Waals surface area contributed by atoms with Crippen molar-refractivity contribution in [2.24, 2.45) is 0 Å². The fourth-order valence-corrected chi connectivity index (χ4v) is 3.74. The minimum Gasteiger partial charge on any atom is -0.394 e. The zero-order valence-corrected chi connectivity index (χ0v) is 14.5. The summed E-state index contributed by atoms with van der Waals surface area (Å²) in [5.74, 6) is 0.946. The number of aryl methyl sites for hydroxylation is 4. The van der Waals surface area contributed by atoms with Crippen LogP contribution in [0.4, 0.5) is 0 Å². The number of rotatable bonds is 7. The van der Waals surface area contributed by atoms with Gasteiger partial charge in [0, 0.05) is 4.90 Å². The van der Waals surface area contributed by atoms with Gasteiger partial charge >= 0.3 is 0 Å². The fourth-order valence-electron chi connectivity index (χ4n) is 2.43. The zero-order valence-electron chi connectivity index (χ0n) is 13.7. The number of ether oxygens (including phenoxy) is 1. The van der Waals surface area contributed by atoms with Crippen molar-refractivity contribution in [3.63, 3.8) is 0 Å². The Hall–Kier alpha value is -1.30. The fraction of sp³-hybridized carbons (Fsp3) is 0.471. The molecule has 0 aliphatic rings. The smallest absolute Gasteiger partial charge is 0.125 e. The Balaban J connectivity index is 2.31. The lowest BCUT2D eigenvalue weighted by Gasteiger charge is -2.12. The van der Waals surface area contributed by atoms with Crippen LogP contribution in [0, 0.1) is 20.8 Å². The summed E-state index contributed by atoms with van der Waals surface area (Å²) in [4.78, 5) is 5.87. The molecule has 0 fully saturated rings. The van der Waals surface area contributed by atoms with Gasteiger partial charge in [0.2, 0.25) is 0 Å². The molecular formula is C17H24N2O2S. The highest BCUT2D eigenvalue weighted by Crippen LogP contribution is 2.33. The van der Waals surface area contributed by atoms with Crippen molar-refractivity contribution >= 4 is 11.8 Å². The maximum absolute atomic E-state index is 8.88. The number of benzene rings is 1. The van der Waals surface area contributed by atoms with Gasteiger partial charge in [0.25, 0.3) is 0 Å². The van der Waals surface area contributed by atoms with Crippen molar-refractivity contribution in [2.45, 2.75) is 50.8 Å². The lowest BCUT2D eigenvalue weighted by atomic mass is 10.2. The molecule has 0 amide bonds. The Bertz CT molecular complexity index is 618. The number of aromatic nitrogens is 2. The standard InChI is InChI=1S/C17H24N2O2S/c1-5-16-17(19(14(4)18-16)11-21-7-6-20)22-15-9-12(2)8-13(3)10-15/h8-10,20H,5-7,11H2,1-4H3. The van der Waals surface area contributed by atoms with Crippen LogP contribution in [0.15, 0.2) is 28.1 Å². The van der Waals surface area contributed by atoms with Gasteiger partial charge in [0.15, 0.2) is 0 Å². The van der Waals surface area contributed by atoms with Crippen LogP contribution < -0.4 is 0 Å². The van der Waals surface area contributed by atoms with Crippen molar-refractivity contribution in [3.05, 3.63) is 40.8 Å². The molecule has 0 atom stereocenters. The molecule has 1 aromatic carbocycles. The summed E-state index contributed by atoms with van der Waals surface area (Å²) in [6.07, 6.45) is 0.890. The molecule has 1 aromatic heterocycles. The van der Waals surface area contributed by atoms with E-state index in [0.29, 0.717) is 13.3 Å². The third-order valence-electron chi connectivity index (χ3n) is 3.38. The summed E-state index contributed by atoms with van der Waals surface area (Å²) >= 11 is 1.73. The molecule has 0 aliphatic carbocycles. The van der Waals surface area contributed by atoms with E-state index in [0.717, 1.165) is 23.0 Å². The van der Waals surface area contributed by atoms with Gasteiger partial charge in [-0.1, -0.05) is 24.8 Å². The topological polar surface area (TPSA) is 47.3 Å². The van der Waals surface area contributed by atoms with Crippen LogP contribution in [0.5, 0.6) is 0 Å². The second-order valence-electron chi connectivity index (χ2n) is 5.38. The molecule has 0 saturated carbocycles. The zero-order chi connectivity index (χ0) is 16.1.